The lowest BCUT2D eigenvalue weighted by atomic mass is 9.80. The summed E-state index contributed by atoms with van der Waals surface area (Å²) in [5.74, 6) is 0.0805. The number of nitrogens with zero attached hydrogens (tertiary/aromatic N) is 1. The molecular formula is C22H25F2NO3. The van der Waals surface area contributed by atoms with Gasteiger partial charge in [0.15, 0.2) is 0 Å². The number of benzene rings is 2. The summed E-state index contributed by atoms with van der Waals surface area (Å²) in [6, 6.07) is 16.4. The Morgan fingerprint density at radius 3 is 2.18 bits per heavy atom. The summed E-state index contributed by atoms with van der Waals surface area (Å²) in [5, 5.41) is 21.9. The zero-order valence-electron chi connectivity index (χ0n) is 15.5. The Bertz CT molecular complexity index is 770. The Morgan fingerprint density at radius 1 is 1.00 bits per heavy atom. The van der Waals surface area contributed by atoms with Gasteiger partial charge >= 0.3 is 6.61 Å². The third kappa shape index (κ3) is 3.90. The highest BCUT2D eigenvalue weighted by molar-refractivity contribution is 5.29. The molecule has 0 aromatic heterocycles. The summed E-state index contributed by atoms with van der Waals surface area (Å²) >= 11 is 0. The smallest absolute Gasteiger partial charge is 0.387 e. The average Bonchev–Trinajstić information content (AvgIpc) is 2.92. The van der Waals surface area contributed by atoms with Crippen LogP contribution in [0.1, 0.15) is 42.9 Å². The lowest BCUT2D eigenvalue weighted by molar-refractivity contribution is -0.0666. The molecular weight excluding hydrogens is 364 g/mol. The van der Waals surface area contributed by atoms with Crippen LogP contribution in [0.4, 0.5) is 8.78 Å². The van der Waals surface area contributed by atoms with Crippen molar-refractivity contribution in [2.24, 2.45) is 0 Å². The molecule has 0 spiro atoms. The molecule has 0 aliphatic carbocycles. The minimum atomic E-state index is -2.86. The van der Waals surface area contributed by atoms with Gasteiger partial charge in [0.1, 0.15) is 5.75 Å². The van der Waals surface area contributed by atoms with Gasteiger partial charge < -0.3 is 14.9 Å². The van der Waals surface area contributed by atoms with Gasteiger partial charge in [-0.05, 0) is 48.9 Å². The van der Waals surface area contributed by atoms with E-state index in [4.69, 9.17) is 0 Å². The van der Waals surface area contributed by atoms with Crippen LogP contribution in [-0.4, -0.2) is 40.4 Å². The molecule has 2 aliphatic heterocycles. The van der Waals surface area contributed by atoms with Crippen LogP contribution in [0.5, 0.6) is 5.75 Å². The van der Waals surface area contributed by atoms with Crippen LogP contribution in [0.15, 0.2) is 54.6 Å². The van der Waals surface area contributed by atoms with Gasteiger partial charge in [0.05, 0.1) is 11.7 Å². The van der Waals surface area contributed by atoms with Crippen molar-refractivity contribution >= 4 is 0 Å². The first kappa shape index (κ1) is 19.3. The van der Waals surface area contributed by atoms with Gasteiger partial charge in [-0.2, -0.15) is 8.78 Å². The van der Waals surface area contributed by atoms with Crippen LogP contribution >= 0.6 is 0 Å². The van der Waals surface area contributed by atoms with E-state index in [2.05, 4.69) is 9.64 Å². The Kier molecular flexibility index (Phi) is 5.36. The first-order chi connectivity index (χ1) is 13.4. The Morgan fingerprint density at radius 2 is 1.61 bits per heavy atom. The number of alkyl halides is 2. The SMILES string of the molecule is OC(CN1C2CCC1CC(O)(c1ccccc1)C2)c1ccc(OC(F)F)cc1. The van der Waals surface area contributed by atoms with E-state index in [1.54, 1.807) is 12.1 Å². The molecule has 28 heavy (non-hydrogen) atoms. The second-order valence-electron chi connectivity index (χ2n) is 7.85. The average molecular weight is 389 g/mol. The van der Waals surface area contributed by atoms with Crippen LogP contribution < -0.4 is 4.74 Å². The summed E-state index contributed by atoms with van der Waals surface area (Å²) in [6.45, 7) is -2.39. The first-order valence-electron chi connectivity index (χ1n) is 9.71. The van der Waals surface area contributed by atoms with E-state index in [-0.39, 0.29) is 17.8 Å². The first-order valence-corrected chi connectivity index (χ1v) is 9.71. The van der Waals surface area contributed by atoms with Gasteiger partial charge in [0.25, 0.3) is 0 Å². The quantitative estimate of drug-likeness (QED) is 0.788. The molecule has 2 heterocycles. The molecule has 2 bridgehead atoms. The molecule has 0 amide bonds. The number of piperidine rings is 1. The molecule has 2 N–H and O–H groups in total. The van der Waals surface area contributed by atoms with Crippen molar-refractivity contribution in [1.82, 2.24) is 4.90 Å². The fraction of sp³-hybridized carbons (Fsp3) is 0.455. The standard InChI is InChI=1S/C22H25F2NO3/c23-21(24)28-19-10-6-15(7-11-19)20(26)14-25-17-8-9-18(25)13-22(27,12-17)16-4-2-1-3-5-16/h1-7,10-11,17-18,20-21,26-27H,8-9,12-14H2. The molecule has 2 aromatic rings. The number of ether oxygens (including phenoxy) is 1. The maximum absolute atomic E-state index is 12.3. The van der Waals surface area contributed by atoms with E-state index in [9.17, 15) is 19.0 Å². The van der Waals surface area contributed by atoms with Gasteiger partial charge in [-0.15, -0.1) is 0 Å². The third-order valence-electron chi connectivity index (χ3n) is 6.10. The summed E-state index contributed by atoms with van der Waals surface area (Å²) in [7, 11) is 0. The van der Waals surface area contributed by atoms with Crippen molar-refractivity contribution in [3.05, 3.63) is 65.7 Å². The number of hydrogen-bond acceptors (Lipinski definition) is 4. The lowest BCUT2D eigenvalue weighted by Gasteiger charge is -2.44. The molecule has 2 saturated heterocycles. The fourth-order valence-corrected chi connectivity index (χ4v) is 4.77. The van der Waals surface area contributed by atoms with Crippen molar-refractivity contribution < 1.29 is 23.7 Å². The maximum Gasteiger partial charge on any atom is 0.387 e. The highest BCUT2D eigenvalue weighted by atomic mass is 19.3. The predicted molar refractivity (Wildman–Crippen MR) is 101 cm³/mol. The Labute approximate surface area is 163 Å². The Balaban J connectivity index is 1.42. The van der Waals surface area contributed by atoms with E-state index < -0.39 is 18.3 Å². The summed E-state index contributed by atoms with van der Waals surface area (Å²) in [5.41, 5.74) is 0.814. The molecule has 2 fully saturated rings. The largest absolute Gasteiger partial charge is 0.435 e. The zero-order valence-corrected chi connectivity index (χ0v) is 15.5. The minimum absolute atomic E-state index is 0.0805. The molecule has 3 atom stereocenters. The minimum Gasteiger partial charge on any atom is -0.435 e. The zero-order chi connectivity index (χ0) is 19.7. The number of hydrogen-bond donors (Lipinski definition) is 2. The van der Waals surface area contributed by atoms with Gasteiger partial charge in [0.2, 0.25) is 0 Å². The van der Waals surface area contributed by atoms with Gasteiger partial charge in [-0.3, -0.25) is 4.90 Å². The number of aliphatic hydroxyl groups excluding tert-OH is 1. The molecule has 4 nitrogen and oxygen atoms in total. The van der Waals surface area contributed by atoms with Crippen molar-refractivity contribution in [3.63, 3.8) is 0 Å². The molecule has 6 heteroatoms. The third-order valence-corrected chi connectivity index (χ3v) is 6.10. The fourth-order valence-electron chi connectivity index (χ4n) is 4.77. The van der Waals surface area contributed by atoms with Gasteiger partial charge in [0, 0.05) is 18.6 Å². The summed E-state index contributed by atoms with van der Waals surface area (Å²) in [6.07, 6.45) is 2.61. The highest BCUT2D eigenvalue weighted by Gasteiger charge is 2.48. The van der Waals surface area contributed by atoms with Crippen LogP contribution in [0.2, 0.25) is 0 Å². The van der Waals surface area contributed by atoms with E-state index in [0.717, 1.165) is 18.4 Å². The molecule has 4 rings (SSSR count). The normalized spacial score (nSPS) is 28.5. The monoisotopic (exact) mass is 389 g/mol. The number of fused-ring (bicyclic) bond motifs is 2. The van der Waals surface area contributed by atoms with Gasteiger partial charge in [-0.1, -0.05) is 42.5 Å². The lowest BCUT2D eigenvalue weighted by Crippen LogP contribution is -2.50. The molecule has 150 valence electrons. The van der Waals surface area contributed by atoms with Gasteiger partial charge in [-0.25, -0.2) is 0 Å². The van der Waals surface area contributed by atoms with E-state index in [1.807, 2.05) is 30.3 Å². The number of halogens is 2. The molecule has 0 radical (unpaired) electrons. The number of rotatable bonds is 6. The topological polar surface area (TPSA) is 52.9 Å². The van der Waals surface area contributed by atoms with Crippen LogP contribution in [0.25, 0.3) is 0 Å². The van der Waals surface area contributed by atoms with Crippen molar-refractivity contribution in [1.29, 1.82) is 0 Å². The second kappa shape index (κ2) is 7.78. The van der Waals surface area contributed by atoms with E-state index >= 15 is 0 Å². The van der Waals surface area contributed by atoms with E-state index in [1.165, 1.54) is 12.1 Å². The van der Waals surface area contributed by atoms with Crippen LogP contribution in [-0.2, 0) is 5.60 Å². The Hall–Kier alpha value is -2.02. The summed E-state index contributed by atoms with van der Waals surface area (Å²) < 4.78 is 28.9. The molecule has 2 aromatic carbocycles. The molecule has 0 saturated carbocycles. The molecule has 2 aliphatic rings. The maximum atomic E-state index is 12.3. The number of aliphatic hydroxyl groups is 2. The van der Waals surface area contributed by atoms with Crippen molar-refractivity contribution in [2.45, 2.75) is 56.1 Å². The van der Waals surface area contributed by atoms with Crippen LogP contribution in [0.3, 0.4) is 0 Å². The molecule has 3 unspecified atom stereocenters. The predicted octanol–water partition coefficient (Wildman–Crippen LogP) is 3.84. The second-order valence-corrected chi connectivity index (χ2v) is 7.85. The summed E-state index contributed by atoms with van der Waals surface area (Å²) in [4.78, 5) is 2.30. The van der Waals surface area contributed by atoms with Crippen LogP contribution in [0, 0.1) is 0 Å². The van der Waals surface area contributed by atoms with Crippen molar-refractivity contribution in [3.8, 4) is 5.75 Å². The highest BCUT2D eigenvalue weighted by Crippen LogP contribution is 2.46. The van der Waals surface area contributed by atoms with E-state index in [0.29, 0.717) is 24.9 Å². The van der Waals surface area contributed by atoms with Crippen molar-refractivity contribution in [2.75, 3.05) is 6.54 Å².